The molecule has 0 spiro atoms. The molecule has 3 amide bonds. The Labute approximate surface area is 94.4 Å². The number of hydrogen-bond acceptors (Lipinski definition) is 3. The number of nitrogens with zero attached hydrogens (tertiary/aromatic N) is 1. The maximum absolute atomic E-state index is 11.8. The van der Waals surface area contributed by atoms with Gasteiger partial charge in [-0.1, -0.05) is 0 Å². The van der Waals surface area contributed by atoms with Gasteiger partial charge in [0.1, 0.15) is 6.04 Å². The number of rotatable bonds is 3. The zero-order valence-corrected chi connectivity index (χ0v) is 9.74. The number of amides is 3. The summed E-state index contributed by atoms with van der Waals surface area (Å²) in [5.41, 5.74) is 0. The summed E-state index contributed by atoms with van der Waals surface area (Å²) in [6, 6.07) is -0.672. The van der Waals surface area contributed by atoms with Crippen LogP contribution >= 0.6 is 0 Å². The first-order chi connectivity index (χ1) is 7.41. The van der Waals surface area contributed by atoms with Gasteiger partial charge < -0.3 is 15.5 Å². The highest BCUT2D eigenvalue weighted by Gasteiger charge is 2.30. The molecule has 6 heteroatoms. The van der Waals surface area contributed by atoms with Crippen molar-refractivity contribution in [2.75, 3.05) is 13.6 Å². The third-order valence-corrected chi connectivity index (χ3v) is 2.64. The molecule has 1 fully saturated rings. The van der Waals surface area contributed by atoms with Crippen LogP contribution in [-0.4, -0.2) is 48.3 Å². The highest BCUT2D eigenvalue weighted by molar-refractivity contribution is 5.87. The van der Waals surface area contributed by atoms with Gasteiger partial charge in [-0.2, -0.15) is 0 Å². The second kappa shape index (κ2) is 4.96. The third-order valence-electron chi connectivity index (χ3n) is 2.64. The van der Waals surface area contributed by atoms with E-state index in [1.807, 2.05) is 0 Å². The van der Waals surface area contributed by atoms with Gasteiger partial charge in [0.25, 0.3) is 0 Å². The first-order valence-electron chi connectivity index (χ1n) is 5.22. The zero-order valence-electron chi connectivity index (χ0n) is 9.74. The van der Waals surface area contributed by atoms with Crippen molar-refractivity contribution in [2.24, 2.45) is 0 Å². The fraction of sp³-hybridized carbons (Fsp3) is 0.700. The van der Waals surface area contributed by atoms with Crippen molar-refractivity contribution in [3.05, 3.63) is 0 Å². The minimum Gasteiger partial charge on any atom is -0.354 e. The van der Waals surface area contributed by atoms with E-state index in [9.17, 15) is 14.4 Å². The molecule has 16 heavy (non-hydrogen) atoms. The van der Waals surface area contributed by atoms with Crippen LogP contribution in [0.5, 0.6) is 0 Å². The average molecular weight is 227 g/mol. The number of carbonyl (C=O) groups is 3. The molecule has 2 N–H and O–H groups in total. The molecule has 6 nitrogen and oxygen atoms in total. The molecule has 0 radical (unpaired) electrons. The molecule has 1 saturated heterocycles. The summed E-state index contributed by atoms with van der Waals surface area (Å²) >= 11 is 0. The highest BCUT2D eigenvalue weighted by Crippen LogP contribution is 2.08. The lowest BCUT2D eigenvalue weighted by atomic mass is 10.2. The summed E-state index contributed by atoms with van der Waals surface area (Å²) in [6.07, 6.45) is 0.328. The quantitative estimate of drug-likeness (QED) is 0.639. The Bertz CT molecular complexity index is 316. The zero-order chi connectivity index (χ0) is 12.3. The van der Waals surface area contributed by atoms with Gasteiger partial charge in [-0.3, -0.25) is 14.4 Å². The van der Waals surface area contributed by atoms with Crippen LogP contribution in [0.25, 0.3) is 0 Å². The van der Waals surface area contributed by atoms with Gasteiger partial charge in [-0.05, 0) is 6.92 Å². The first kappa shape index (κ1) is 12.5. The van der Waals surface area contributed by atoms with E-state index in [0.29, 0.717) is 13.0 Å². The molecular weight excluding hydrogens is 210 g/mol. The summed E-state index contributed by atoms with van der Waals surface area (Å²) < 4.78 is 0. The van der Waals surface area contributed by atoms with Crippen LogP contribution in [0.4, 0.5) is 0 Å². The van der Waals surface area contributed by atoms with Crippen LogP contribution in [0.2, 0.25) is 0 Å². The molecule has 0 aromatic heterocycles. The smallest absolute Gasteiger partial charge is 0.244 e. The van der Waals surface area contributed by atoms with Gasteiger partial charge >= 0.3 is 0 Å². The third kappa shape index (κ3) is 2.95. The lowest BCUT2D eigenvalue weighted by Crippen LogP contribution is -2.49. The van der Waals surface area contributed by atoms with Gasteiger partial charge in [0.05, 0.1) is 6.04 Å². The molecule has 1 heterocycles. The molecule has 90 valence electrons. The number of hydrogen-bond donors (Lipinski definition) is 2. The summed E-state index contributed by atoms with van der Waals surface area (Å²) in [5.74, 6) is -0.469. The van der Waals surface area contributed by atoms with Gasteiger partial charge in [0.2, 0.25) is 17.7 Å². The van der Waals surface area contributed by atoms with E-state index >= 15 is 0 Å². The molecule has 0 bridgehead atoms. The van der Waals surface area contributed by atoms with Crippen molar-refractivity contribution in [3.63, 3.8) is 0 Å². The number of likely N-dealkylation sites (N-methyl/N-ethyl adjacent to an activating group) is 1. The van der Waals surface area contributed by atoms with E-state index < -0.39 is 6.04 Å². The molecule has 1 aliphatic heterocycles. The van der Waals surface area contributed by atoms with Crippen LogP contribution in [0.3, 0.4) is 0 Å². The summed E-state index contributed by atoms with van der Waals surface area (Å²) in [6.45, 7) is 3.47. The molecule has 0 aliphatic carbocycles. The monoisotopic (exact) mass is 227 g/mol. The average Bonchev–Trinajstić information content (AvgIpc) is 2.61. The van der Waals surface area contributed by atoms with Crippen molar-refractivity contribution in [1.29, 1.82) is 0 Å². The van der Waals surface area contributed by atoms with Crippen molar-refractivity contribution in [3.8, 4) is 0 Å². The highest BCUT2D eigenvalue weighted by atomic mass is 16.2. The molecule has 0 aromatic rings. The van der Waals surface area contributed by atoms with E-state index in [1.165, 1.54) is 11.8 Å². The molecule has 2 atom stereocenters. The van der Waals surface area contributed by atoms with Crippen LogP contribution in [-0.2, 0) is 14.4 Å². The molecule has 0 unspecified atom stereocenters. The van der Waals surface area contributed by atoms with Crippen LogP contribution in [0, 0.1) is 0 Å². The Morgan fingerprint density at radius 3 is 2.62 bits per heavy atom. The molecule has 0 saturated carbocycles. The summed E-state index contributed by atoms with van der Waals surface area (Å²) in [5, 5.41) is 5.19. The normalized spacial score (nSPS) is 21.2. The maximum Gasteiger partial charge on any atom is 0.244 e. The van der Waals surface area contributed by atoms with Gasteiger partial charge in [-0.25, -0.2) is 0 Å². The van der Waals surface area contributed by atoms with Crippen molar-refractivity contribution < 1.29 is 14.4 Å². The predicted molar refractivity (Wildman–Crippen MR) is 57.5 cm³/mol. The molecular formula is C10H17N3O3. The van der Waals surface area contributed by atoms with E-state index in [-0.39, 0.29) is 23.8 Å². The molecule has 0 aromatic carbocycles. The summed E-state index contributed by atoms with van der Waals surface area (Å²) in [4.78, 5) is 35.2. The summed E-state index contributed by atoms with van der Waals surface area (Å²) in [7, 11) is 1.64. The molecule has 1 aliphatic rings. The first-order valence-corrected chi connectivity index (χ1v) is 5.22. The Kier molecular flexibility index (Phi) is 3.87. The van der Waals surface area contributed by atoms with Crippen LogP contribution in [0.1, 0.15) is 20.3 Å². The minimum atomic E-state index is -0.557. The predicted octanol–water partition coefficient (Wildman–Crippen LogP) is -1.14. The van der Waals surface area contributed by atoms with Gasteiger partial charge in [-0.15, -0.1) is 0 Å². The van der Waals surface area contributed by atoms with Gasteiger partial charge in [0, 0.05) is 26.9 Å². The molecule has 1 rings (SSSR count). The number of carbonyl (C=O) groups excluding carboxylic acids is 3. The lowest BCUT2D eigenvalue weighted by molar-refractivity contribution is -0.136. The second-order valence-corrected chi connectivity index (χ2v) is 4.03. The van der Waals surface area contributed by atoms with E-state index in [4.69, 9.17) is 0 Å². The topological polar surface area (TPSA) is 78.5 Å². The van der Waals surface area contributed by atoms with Crippen molar-refractivity contribution in [2.45, 2.75) is 32.4 Å². The Balaban J connectivity index is 2.53. The van der Waals surface area contributed by atoms with Gasteiger partial charge in [0.15, 0.2) is 0 Å². The largest absolute Gasteiger partial charge is 0.354 e. The fourth-order valence-corrected chi connectivity index (χ4v) is 1.72. The lowest BCUT2D eigenvalue weighted by Gasteiger charge is -2.26. The van der Waals surface area contributed by atoms with Crippen LogP contribution < -0.4 is 10.6 Å². The van der Waals surface area contributed by atoms with Crippen molar-refractivity contribution in [1.82, 2.24) is 15.5 Å². The van der Waals surface area contributed by atoms with E-state index in [0.717, 1.165) is 0 Å². The van der Waals surface area contributed by atoms with E-state index in [1.54, 1.807) is 14.0 Å². The maximum atomic E-state index is 11.8. The Hall–Kier alpha value is -1.59. The SMILES string of the molecule is CC(=O)N[C@@H](C)C(=O)N(C)[C@H]1CNC(=O)C1. The van der Waals surface area contributed by atoms with Crippen molar-refractivity contribution >= 4 is 17.7 Å². The minimum absolute atomic E-state index is 0.0446. The standard InChI is InChI=1S/C10H17N3O3/c1-6(12-7(2)14)10(16)13(3)8-4-9(15)11-5-8/h6,8H,4-5H2,1-3H3,(H,11,15)(H,12,14)/t6-,8+/m0/s1. The Morgan fingerprint density at radius 1 is 1.56 bits per heavy atom. The Morgan fingerprint density at radius 2 is 2.19 bits per heavy atom. The number of nitrogens with one attached hydrogen (secondary N) is 2. The second-order valence-electron chi connectivity index (χ2n) is 4.03. The fourth-order valence-electron chi connectivity index (χ4n) is 1.72. The van der Waals surface area contributed by atoms with Crippen LogP contribution in [0.15, 0.2) is 0 Å². The van der Waals surface area contributed by atoms with E-state index in [2.05, 4.69) is 10.6 Å².